The first kappa shape index (κ1) is 11.2. The van der Waals surface area contributed by atoms with Crippen molar-refractivity contribution in [3.05, 3.63) is 11.1 Å². The van der Waals surface area contributed by atoms with Crippen molar-refractivity contribution in [2.75, 3.05) is 11.0 Å². The number of aromatic nitrogens is 1. The molecule has 1 aromatic heterocycles. The molecule has 0 bridgehead atoms. The zero-order chi connectivity index (χ0) is 11.0. The molecular weight excluding hydrogens is 241 g/mol. The van der Waals surface area contributed by atoms with Gasteiger partial charge in [-0.25, -0.2) is 13.4 Å². The van der Waals surface area contributed by atoms with E-state index in [2.05, 4.69) is 4.98 Å². The molecule has 0 spiro atoms. The zero-order valence-electron chi connectivity index (χ0n) is 6.79. The molecule has 80 valence electrons. The van der Waals surface area contributed by atoms with Crippen LogP contribution in [0.1, 0.15) is 5.69 Å². The number of nitrogens with one attached hydrogen (secondary N) is 1. The van der Waals surface area contributed by atoms with Gasteiger partial charge in [-0.15, -0.1) is 11.3 Å². The molecule has 0 saturated carbocycles. The van der Waals surface area contributed by atoms with Crippen LogP contribution in [0.5, 0.6) is 0 Å². The van der Waals surface area contributed by atoms with Gasteiger partial charge in [0.25, 0.3) is 0 Å². The van der Waals surface area contributed by atoms with E-state index in [1.54, 1.807) is 0 Å². The number of sulfonamides is 1. The van der Waals surface area contributed by atoms with Crippen molar-refractivity contribution >= 4 is 26.5 Å². The highest BCUT2D eigenvalue weighted by molar-refractivity contribution is 7.92. The Hall–Kier alpha value is -0.830. The van der Waals surface area contributed by atoms with Crippen molar-refractivity contribution in [2.45, 2.75) is 6.18 Å². The number of alkyl halides is 3. The number of hydrogen-bond donors (Lipinski definition) is 1. The van der Waals surface area contributed by atoms with Gasteiger partial charge in [0.2, 0.25) is 10.0 Å². The van der Waals surface area contributed by atoms with E-state index in [0.717, 1.165) is 11.6 Å². The van der Waals surface area contributed by atoms with Crippen LogP contribution in [0, 0.1) is 0 Å². The summed E-state index contributed by atoms with van der Waals surface area (Å²) in [4.78, 5) is 3.07. The van der Waals surface area contributed by atoms with E-state index in [9.17, 15) is 21.6 Å². The third kappa shape index (κ3) is 3.14. The van der Waals surface area contributed by atoms with Crippen LogP contribution in [0.4, 0.5) is 18.3 Å². The van der Waals surface area contributed by atoms with E-state index >= 15 is 0 Å². The molecule has 0 fully saturated rings. The van der Waals surface area contributed by atoms with Gasteiger partial charge in [-0.05, 0) is 0 Å². The predicted molar refractivity (Wildman–Crippen MR) is 45.6 cm³/mol. The van der Waals surface area contributed by atoms with Gasteiger partial charge in [0.1, 0.15) is 0 Å². The number of hydrogen-bond acceptors (Lipinski definition) is 4. The molecule has 9 heteroatoms. The summed E-state index contributed by atoms with van der Waals surface area (Å²) in [6.07, 6.45) is -3.71. The quantitative estimate of drug-likeness (QED) is 0.861. The molecule has 1 rings (SSSR count). The van der Waals surface area contributed by atoms with Crippen LogP contribution in [-0.4, -0.2) is 19.7 Å². The highest BCUT2D eigenvalue weighted by Gasteiger charge is 2.33. The summed E-state index contributed by atoms with van der Waals surface area (Å²) in [7, 11) is -3.58. The van der Waals surface area contributed by atoms with Gasteiger partial charge in [0, 0.05) is 5.38 Å². The first-order valence-electron chi connectivity index (χ1n) is 3.19. The maximum atomic E-state index is 12.0. The minimum Gasteiger partial charge on any atom is -0.259 e. The summed E-state index contributed by atoms with van der Waals surface area (Å²) < 4.78 is 59.1. The Morgan fingerprint density at radius 3 is 2.43 bits per heavy atom. The largest absolute Gasteiger partial charge is 0.434 e. The maximum Gasteiger partial charge on any atom is 0.434 e. The lowest BCUT2D eigenvalue weighted by Crippen LogP contribution is -2.10. The maximum absolute atomic E-state index is 12.0. The molecule has 1 heterocycles. The lowest BCUT2D eigenvalue weighted by Gasteiger charge is -2.00. The fraction of sp³-hybridized carbons (Fsp3) is 0.400. The van der Waals surface area contributed by atoms with Gasteiger partial charge in [-0.1, -0.05) is 0 Å². The fourth-order valence-corrected chi connectivity index (χ4v) is 2.18. The molecule has 0 aliphatic heterocycles. The third-order valence-electron chi connectivity index (χ3n) is 1.07. The van der Waals surface area contributed by atoms with E-state index in [1.807, 2.05) is 4.72 Å². The summed E-state index contributed by atoms with van der Waals surface area (Å²) in [6, 6.07) is 0. The van der Waals surface area contributed by atoms with Crippen molar-refractivity contribution in [1.82, 2.24) is 4.98 Å². The molecule has 0 aliphatic carbocycles. The Kier molecular flexibility index (Phi) is 2.72. The van der Waals surface area contributed by atoms with Crippen molar-refractivity contribution in [3.8, 4) is 0 Å². The normalized spacial score (nSPS) is 12.9. The minimum atomic E-state index is -4.55. The van der Waals surface area contributed by atoms with Crippen LogP contribution >= 0.6 is 11.3 Å². The second kappa shape index (κ2) is 3.39. The fourth-order valence-electron chi connectivity index (χ4n) is 0.609. The molecule has 0 radical (unpaired) electrons. The first-order chi connectivity index (χ1) is 6.18. The van der Waals surface area contributed by atoms with Crippen LogP contribution in [-0.2, 0) is 16.2 Å². The molecule has 0 aliphatic rings. The first-order valence-corrected chi connectivity index (χ1v) is 5.96. The van der Waals surface area contributed by atoms with E-state index < -0.39 is 21.9 Å². The van der Waals surface area contributed by atoms with Crippen molar-refractivity contribution in [1.29, 1.82) is 0 Å². The Labute approximate surface area is 81.8 Å². The average Bonchev–Trinajstić information content (AvgIpc) is 2.29. The molecule has 1 N–H and O–H groups in total. The number of halogens is 3. The molecule has 0 saturated heterocycles. The molecule has 0 atom stereocenters. The van der Waals surface area contributed by atoms with Crippen molar-refractivity contribution in [3.63, 3.8) is 0 Å². The summed E-state index contributed by atoms with van der Waals surface area (Å²) in [5.74, 6) is 0. The standard InChI is InChI=1S/C5H5F3N2O2S2/c1-14(11,12)10-4-9-3(2-13-4)5(6,7)8/h2H,1H3,(H,9,10). The molecule has 14 heavy (non-hydrogen) atoms. The van der Waals surface area contributed by atoms with Gasteiger partial charge in [0.05, 0.1) is 6.26 Å². The Morgan fingerprint density at radius 1 is 1.50 bits per heavy atom. The Balaban J connectivity index is 2.90. The smallest absolute Gasteiger partial charge is 0.259 e. The topological polar surface area (TPSA) is 59.1 Å². The Morgan fingerprint density at radius 2 is 2.07 bits per heavy atom. The molecule has 0 amide bonds. The van der Waals surface area contributed by atoms with Crippen LogP contribution in [0.2, 0.25) is 0 Å². The Bertz CT molecular complexity index is 422. The van der Waals surface area contributed by atoms with E-state index in [4.69, 9.17) is 0 Å². The minimum absolute atomic E-state index is 0.292. The molecule has 0 unspecified atom stereocenters. The van der Waals surface area contributed by atoms with Gasteiger partial charge in [-0.2, -0.15) is 13.2 Å². The summed E-state index contributed by atoms with van der Waals surface area (Å²) in [5, 5.41) is 0.452. The SMILES string of the molecule is CS(=O)(=O)Nc1nc(C(F)(F)F)cs1. The predicted octanol–water partition coefficient (Wildman–Crippen LogP) is 1.53. The number of rotatable bonds is 2. The van der Waals surface area contributed by atoms with E-state index in [0.29, 0.717) is 11.3 Å². The second-order valence-electron chi connectivity index (χ2n) is 2.41. The highest BCUT2D eigenvalue weighted by atomic mass is 32.2. The van der Waals surface area contributed by atoms with Gasteiger partial charge >= 0.3 is 6.18 Å². The summed E-state index contributed by atoms with van der Waals surface area (Å²) in [6.45, 7) is 0. The number of anilines is 1. The highest BCUT2D eigenvalue weighted by Crippen LogP contribution is 2.31. The molecule has 1 aromatic rings. The lowest BCUT2D eigenvalue weighted by molar-refractivity contribution is -0.140. The van der Waals surface area contributed by atoms with Crippen LogP contribution in [0.15, 0.2) is 5.38 Å². The van der Waals surface area contributed by atoms with Crippen LogP contribution in [0.25, 0.3) is 0 Å². The van der Waals surface area contributed by atoms with Crippen LogP contribution < -0.4 is 4.72 Å². The van der Waals surface area contributed by atoms with E-state index in [-0.39, 0.29) is 5.13 Å². The summed E-state index contributed by atoms with van der Waals surface area (Å²) in [5.41, 5.74) is -1.10. The second-order valence-corrected chi connectivity index (χ2v) is 5.02. The van der Waals surface area contributed by atoms with Gasteiger partial charge < -0.3 is 0 Å². The third-order valence-corrected chi connectivity index (χ3v) is 2.52. The van der Waals surface area contributed by atoms with Crippen LogP contribution in [0.3, 0.4) is 0 Å². The number of nitrogens with zero attached hydrogens (tertiary/aromatic N) is 1. The molecular formula is C5H5F3N2O2S2. The zero-order valence-corrected chi connectivity index (χ0v) is 8.42. The molecule has 4 nitrogen and oxygen atoms in total. The lowest BCUT2D eigenvalue weighted by atomic mass is 10.5. The van der Waals surface area contributed by atoms with Crippen molar-refractivity contribution in [2.24, 2.45) is 0 Å². The van der Waals surface area contributed by atoms with E-state index in [1.165, 1.54) is 0 Å². The number of thiazole rings is 1. The van der Waals surface area contributed by atoms with Gasteiger partial charge in [-0.3, -0.25) is 4.72 Å². The van der Waals surface area contributed by atoms with Gasteiger partial charge in [0.15, 0.2) is 10.8 Å². The monoisotopic (exact) mass is 246 g/mol. The summed E-state index contributed by atoms with van der Waals surface area (Å²) >= 11 is 0.582. The molecule has 0 aromatic carbocycles. The average molecular weight is 246 g/mol. The van der Waals surface area contributed by atoms with Crippen molar-refractivity contribution < 1.29 is 21.6 Å².